The molecule has 0 fully saturated rings. The molecule has 0 aliphatic carbocycles. The van der Waals surface area contributed by atoms with Crippen LogP contribution in [0.3, 0.4) is 0 Å². The number of rotatable bonds is 10. The lowest BCUT2D eigenvalue weighted by Crippen LogP contribution is -2.60. The van der Waals surface area contributed by atoms with Gasteiger partial charge in [-0.25, -0.2) is 4.79 Å². The van der Waals surface area contributed by atoms with Gasteiger partial charge in [0.2, 0.25) is 0 Å². The summed E-state index contributed by atoms with van der Waals surface area (Å²) in [6, 6.07) is 0. The van der Waals surface area contributed by atoms with Gasteiger partial charge in [-0.05, 0) is 19.8 Å². The van der Waals surface area contributed by atoms with Crippen LogP contribution < -0.4 is 0 Å². The Hall–Kier alpha value is -1.42. The van der Waals surface area contributed by atoms with Gasteiger partial charge in [0.1, 0.15) is 0 Å². The average Bonchev–Trinajstić information content (AvgIpc) is 2.44. The van der Waals surface area contributed by atoms with Crippen LogP contribution in [0.4, 0.5) is 39.5 Å². The van der Waals surface area contributed by atoms with Gasteiger partial charge < -0.3 is 4.74 Å². The maximum Gasteiger partial charge on any atom is 0.460 e. The van der Waals surface area contributed by atoms with E-state index >= 15 is 0 Å². The van der Waals surface area contributed by atoms with Crippen molar-refractivity contribution in [3.8, 4) is 0 Å². The van der Waals surface area contributed by atoms with E-state index in [-0.39, 0.29) is 31.4 Å². The third-order valence-corrected chi connectivity index (χ3v) is 3.18. The van der Waals surface area contributed by atoms with Gasteiger partial charge in [0, 0.05) is 12.0 Å². The molecule has 0 radical (unpaired) electrons. The predicted molar refractivity (Wildman–Crippen MR) is 69.8 cm³/mol. The van der Waals surface area contributed by atoms with E-state index in [9.17, 15) is 44.3 Å². The predicted octanol–water partition coefficient (Wildman–Crippen LogP) is 5.52. The van der Waals surface area contributed by atoms with Crippen molar-refractivity contribution in [2.45, 2.75) is 63.0 Å². The van der Waals surface area contributed by atoms with Crippen molar-refractivity contribution in [3.05, 3.63) is 12.2 Å². The quantitative estimate of drug-likeness (QED) is 0.213. The Bertz CT molecular complexity index is 469. The topological polar surface area (TPSA) is 26.3 Å². The molecule has 2 nitrogen and oxygen atoms in total. The molecule has 0 amide bonds. The second kappa shape index (κ2) is 8.31. The molecule has 0 aliphatic rings. The Labute approximate surface area is 138 Å². The number of carbonyl (C=O) groups is 1. The van der Waals surface area contributed by atoms with Gasteiger partial charge in [-0.1, -0.05) is 19.4 Å². The molecule has 0 heterocycles. The summed E-state index contributed by atoms with van der Waals surface area (Å²) >= 11 is 0. The van der Waals surface area contributed by atoms with Gasteiger partial charge in [-0.3, -0.25) is 0 Å². The van der Waals surface area contributed by atoms with Crippen LogP contribution in [-0.2, 0) is 9.53 Å². The van der Waals surface area contributed by atoms with E-state index in [0.29, 0.717) is 0 Å². The fourth-order valence-corrected chi connectivity index (χ4v) is 1.66. The van der Waals surface area contributed by atoms with Gasteiger partial charge in [0.25, 0.3) is 0 Å². The third-order valence-electron chi connectivity index (χ3n) is 3.18. The van der Waals surface area contributed by atoms with Crippen molar-refractivity contribution in [1.29, 1.82) is 0 Å². The number of esters is 1. The third kappa shape index (κ3) is 5.81. The van der Waals surface area contributed by atoms with E-state index in [0.717, 1.165) is 0 Å². The zero-order valence-electron chi connectivity index (χ0n) is 13.2. The van der Waals surface area contributed by atoms with Crippen molar-refractivity contribution < 1.29 is 49.0 Å². The number of carbonyl (C=O) groups excluding carboxylic acids is 1. The van der Waals surface area contributed by atoms with E-state index in [4.69, 9.17) is 0 Å². The van der Waals surface area contributed by atoms with Gasteiger partial charge >= 0.3 is 29.9 Å². The van der Waals surface area contributed by atoms with Crippen LogP contribution in [0, 0.1) is 0 Å². The summed E-state index contributed by atoms with van der Waals surface area (Å²) in [5.41, 5.74) is 0.132. The van der Waals surface area contributed by atoms with Gasteiger partial charge in [-0.2, -0.15) is 39.5 Å². The highest BCUT2D eigenvalue weighted by Gasteiger charge is 2.81. The van der Waals surface area contributed by atoms with Crippen LogP contribution in [0.5, 0.6) is 0 Å². The van der Waals surface area contributed by atoms with Gasteiger partial charge in [0.05, 0.1) is 6.61 Å². The lowest BCUT2D eigenvalue weighted by molar-refractivity contribution is -0.396. The zero-order chi connectivity index (χ0) is 20.1. The monoisotopic (exact) mass is 388 g/mol. The lowest BCUT2D eigenvalue weighted by Gasteiger charge is -2.33. The van der Waals surface area contributed by atoms with E-state index < -0.39 is 42.8 Å². The van der Waals surface area contributed by atoms with Crippen LogP contribution >= 0.6 is 0 Å². The average molecular weight is 388 g/mol. The Morgan fingerprint density at radius 1 is 0.840 bits per heavy atom. The summed E-state index contributed by atoms with van der Waals surface area (Å²) in [4.78, 5) is 11.0. The normalized spacial score (nSPS) is 13.7. The molecular formula is C14H17F9O2. The molecule has 0 spiro atoms. The summed E-state index contributed by atoms with van der Waals surface area (Å²) in [7, 11) is 0. The molecule has 11 heteroatoms. The second-order valence-electron chi connectivity index (χ2n) is 5.43. The first-order chi connectivity index (χ1) is 11.1. The molecule has 0 saturated carbocycles. The number of hydrogen-bond acceptors (Lipinski definition) is 2. The Kier molecular flexibility index (Phi) is 7.83. The number of halogens is 9. The van der Waals surface area contributed by atoms with E-state index in [1.54, 1.807) is 0 Å². The number of alkyl halides is 9. The molecular weight excluding hydrogens is 371 g/mol. The Morgan fingerprint density at radius 2 is 1.32 bits per heavy atom. The maximum absolute atomic E-state index is 13.2. The summed E-state index contributed by atoms with van der Waals surface area (Å²) in [6.45, 7) is 4.60. The molecule has 0 aromatic heterocycles. The first-order valence-electron chi connectivity index (χ1n) is 7.10. The van der Waals surface area contributed by atoms with Crippen LogP contribution in [-0.4, -0.2) is 36.5 Å². The number of ether oxygens (including phenoxy) is 1. The van der Waals surface area contributed by atoms with Crippen LogP contribution in [0.1, 0.15) is 39.0 Å². The van der Waals surface area contributed by atoms with Crippen LogP contribution in [0.25, 0.3) is 0 Å². The molecule has 0 rings (SSSR count). The van der Waals surface area contributed by atoms with E-state index in [2.05, 4.69) is 11.3 Å². The second-order valence-corrected chi connectivity index (χ2v) is 5.43. The summed E-state index contributed by atoms with van der Waals surface area (Å²) in [5.74, 6) is -19.6. The molecule has 0 atom stereocenters. The summed E-state index contributed by atoms with van der Waals surface area (Å²) < 4.78 is 118. The molecule has 0 aliphatic heterocycles. The van der Waals surface area contributed by atoms with Crippen molar-refractivity contribution in [2.24, 2.45) is 0 Å². The molecule has 0 unspecified atom stereocenters. The SMILES string of the molecule is C=C(C)C(=O)OCCCCCCC(F)(F)C(F)(F)C(F)(F)C(F)(F)F. The molecule has 0 aromatic carbocycles. The van der Waals surface area contributed by atoms with Crippen molar-refractivity contribution in [2.75, 3.05) is 6.61 Å². The Balaban J connectivity index is 4.41. The zero-order valence-corrected chi connectivity index (χ0v) is 13.2. The number of hydrogen-bond donors (Lipinski definition) is 0. The van der Waals surface area contributed by atoms with Gasteiger partial charge in [-0.15, -0.1) is 0 Å². The van der Waals surface area contributed by atoms with Crippen LogP contribution in [0.15, 0.2) is 12.2 Å². The molecule has 0 aromatic rings. The molecule has 0 bridgehead atoms. The fourth-order valence-electron chi connectivity index (χ4n) is 1.66. The summed E-state index contributed by atoms with van der Waals surface area (Å²) in [5, 5.41) is 0. The minimum atomic E-state index is -6.85. The van der Waals surface area contributed by atoms with Crippen molar-refractivity contribution >= 4 is 5.97 Å². The van der Waals surface area contributed by atoms with Gasteiger partial charge in [0.15, 0.2) is 0 Å². The van der Waals surface area contributed by atoms with Crippen LogP contribution in [0.2, 0.25) is 0 Å². The smallest absolute Gasteiger partial charge is 0.460 e. The van der Waals surface area contributed by atoms with E-state index in [1.165, 1.54) is 6.92 Å². The summed E-state index contributed by atoms with van der Waals surface area (Å²) in [6.07, 6.45) is -9.18. The Morgan fingerprint density at radius 3 is 1.76 bits per heavy atom. The fraction of sp³-hybridized carbons (Fsp3) is 0.786. The standard InChI is InChI=1S/C14H17F9O2/c1-9(2)10(24)25-8-6-4-3-5-7-11(15,16)12(17,18)13(19,20)14(21,22)23/h1,3-8H2,2H3. The highest BCUT2D eigenvalue weighted by atomic mass is 19.4. The molecule has 0 N–H and O–H groups in total. The van der Waals surface area contributed by atoms with Crippen molar-refractivity contribution in [1.82, 2.24) is 0 Å². The molecule has 0 saturated heterocycles. The largest absolute Gasteiger partial charge is 0.462 e. The van der Waals surface area contributed by atoms with E-state index in [1.807, 2.05) is 0 Å². The minimum Gasteiger partial charge on any atom is -0.462 e. The maximum atomic E-state index is 13.2. The minimum absolute atomic E-state index is 0.0929. The highest BCUT2D eigenvalue weighted by molar-refractivity contribution is 5.86. The highest BCUT2D eigenvalue weighted by Crippen LogP contribution is 2.54. The molecule has 148 valence electrons. The number of unbranched alkanes of at least 4 members (excludes halogenated alkanes) is 3. The molecule has 25 heavy (non-hydrogen) atoms. The lowest BCUT2D eigenvalue weighted by atomic mass is 9.98. The van der Waals surface area contributed by atoms with Crippen molar-refractivity contribution in [3.63, 3.8) is 0 Å². The first-order valence-corrected chi connectivity index (χ1v) is 7.10. The first kappa shape index (κ1) is 23.6.